The van der Waals surface area contributed by atoms with Crippen molar-refractivity contribution in [1.82, 2.24) is 10.2 Å². The van der Waals surface area contributed by atoms with E-state index in [1.54, 1.807) is 13.2 Å². The molecule has 2 aliphatic rings. The maximum absolute atomic E-state index is 12.2. The minimum Gasteiger partial charge on any atom is -0.495 e. The summed E-state index contributed by atoms with van der Waals surface area (Å²) in [5.74, 6) is 0.386. The second kappa shape index (κ2) is 6.88. The van der Waals surface area contributed by atoms with Crippen molar-refractivity contribution in [2.24, 2.45) is 5.92 Å². The van der Waals surface area contributed by atoms with Crippen LogP contribution in [0.4, 0.5) is 0 Å². The van der Waals surface area contributed by atoms with Crippen LogP contribution in [0.3, 0.4) is 0 Å². The number of ether oxygens (including phenoxy) is 1. The Bertz CT molecular complexity index is 578. The first-order chi connectivity index (χ1) is 11.1. The third-order valence-corrected chi connectivity index (χ3v) is 5.44. The lowest BCUT2D eigenvalue weighted by molar-refractivity contribution is -0.139. The van der Waals surface area contributed by atoms with Gasteiger partial charge in [-0.05, 0) is 43.0 Å². The topological polar surface area (TPSA) is 78.9 Å². The Hall–Kier alpha value is -1.60. The molecule has 3 rings (SSSR count). The van der Waals surface area contributed by atoms with Crippen LogP contribution in [0.2, 0.25) is 0 Å². The van der Waals surface area contributed by atoms with Crippen LogP contribution in [-0.2, 0) is 4.79 Å². The van der Waals surface area contributed by atoms with Gasteiger partial charge in [0.05, 0.1) is 13.7 Å². The first kappa shape index (κ1) is 16.3. The van der Waals surface area contributed by atoms with E-state index >= 15 is 0 Å². The number of hydrogen-bond donors (Lipinski definition) is 2. The average molecular weight is 338 g/mol. The fourth-order valence-corrected chi connectivity index (χ4v) is 3.79. The van der Waals surface area contributed by atoms with E-state index in [1.165, 1.54) is 24.2 Å². The SMILES string of the molecule is COc1ccsc1C(=O)NC1CC(N(CC(=O)O)CC2CC2)C1. The Morgan fingerprint density at radius 2 is 2.17 bits per heavy atom. The highest BCUT2D eigenvalue weighted by atomic mass is 32.1. The number of carbonyl (C=O) groups is 2. The van der Waals surface area contributed by atoms with Crippen molar-refractivity contribution < 1.29 is 19.4 Å². The van der Waals surface area contributed by atoms with Crippen LogP contribution >= 0.6 is 11.3 Å². The number of nitrogens with one attached hydrogen (secondary N) is 1. The van der Waals surface area contributed by atoms with Gasteiger partial charge in [-0.1, -0.05) is 0 Å². The Kier molecular flexibility index (Phi) is 4.87. The minimum atomic E-state index is -0.776. The molecule has 0 saturated heterocycles. The molecule has 1 amide bonds. The minimum absolute atomic E-state index is 0.0978. The molecular weight excluding hydrogens is 316 g/mol. The highest BCUT2D eigenvalue weighted by molar-refractivity contribution is 7.12. The van der Waals surface area contributed by atoms with Gasteiger partial charge >= 0.3 is 5.97 Å². The molecule has 0 aliphatic heterocycles. The lowest BCUT2D eigenvalue weighted by Crippen LogP contribution is -2.55. The van der Waals surface area contributed by atoms with Gasteiger partial charge in [-0.15, -0.1) is 11.3 Å². The zero-order chi connectivity index (χ0) is 16.4. The molecule has 2 aliphatic carbocycles. The average Bonchev–Trinajstić information content (AvgIpc) is 3.14. The summed E-state index contributed by atoms with van der Waals surface area (Å²) in [5.41, 5.74) is 0. The summed E-state index contributed by atoms with van der Waals surface area (Å²) in [5, 5.41) is 13.9. The summed E-state index contributed by atoms with van der Waals surface area (Å²) in [6.45, 7) is 0.969. The van der Waals surface area contributed by atoms with E-state index in [0.717, 1.165) is 19.4 Å². The van der Waals surface area contributed by atoms with Crippen LogP contribution in [-0.4, -0.2) is 54.2 Å². The number of nitrogens with zero attached hydrogens (tertiary/aromatic N) is 1. The Morgan fingerprint density at radius 3 is 2.78 bits per heavy atom. The van der Waals surface area contributed by atoms with Crippen LogP contribution in [0.1, 0.15) is 35.4 Å². The molecule has 1 aromatic heterocycles. The number of carboxylic acid groups (broad SMARTS) is 1. The van der Waals surface area contributed by atoms with Gasteiger partial charge < -0.3 is 15.2 Å². The van der Waals surface area contributed by atoms with Crippen molar-refractivity contribution in [2.45, 2.75) is 37.8 Å². The number of aliphatic carboxylic acids is 1. The Balaban J connectivity index is 1.49. The summed E-state index contributed by atoms with van der Waals surface area (Å²) < 4.78 is 5.17. The molecule has 0 spiro atoms. The van der Waals surface area contributed by atoms with E-state index in [-0.39, 0.29) is 24.5 Å². The van der Waals surface area contributed by atoms with Gasteiger partial charge in [0.25, 0.3) is 5.91 Å². The monoisotopic (exact) mass is 338 g/mol. The number of rotatable bonds is 8. The maximum atomic E-state index is 12.2. The maximum Gasteiger partial charge on any atom is 0.317 e. The van der Waals surface area contributed by atoms with Crippen molar-refractivity contribution in [3.05, 3.63) is 16.3 Å². The predicted molar refractivity (Wildman–Crippen MR) is 87.1 cm³/mol. The molecule has 0 aromatic carbocycles. The van der Waals surface area contributed by atoms with Crippen molar-refractivity contribution in [3.63, 3.8) is 0 Å². The van der Waals surface area contributed by atoms with E-state index < -0.39 is 5.97 Å². The van der Waals surface area contributed by atoms with Gasteiger partial charge in [0, 0.05) is 18.6 Å². The van der Waals surface area contributed by atoms with Crippen molar-refractivity contribution >= 4 is 23.2 Å². The zero-order valence-electron chi connectivity index (χ0n) is 13.2. The van der Waals surface area contributed by atoms with Gasteiger partial charge in [-0.25, -0.2) is 0 Å². The number of methoxy groups -OCH3 is 1. The fraction of sp³-hybridized carbons (Fsp3) is 0.625. The van der Waals surface area contributed by atoms with Crippen LogP contribution in [0.25, 0.3) is 0 Å². The van der Waals surface area contributed by atoms with E-state index in [0.29, 0.717) is 16.5 Å². The number of hydrogen-bond acceptors (Lipinski definition) is 5. The molecule has 2 saturated carbocycles. The summed E-state index contributed by atoms with van der Waals surface area (Å²) >= 11 is 1.37. The Morgan fingerprint density at radius 1 is 1.43 bits per heavy atom. The predicted octanol–water partition coefficient (Wildman–Crippen LogP) is 1.81. The molecule has 1 aromatic rings. The molecule has 7 heteroatoms. The largest absolute Gasteiger partial charge is 0.495 e. The van der Waals surface area contributed by atoms with Gasteiger partial charge in [-0.3, -0.25) is 14.5 Å². The summed E-state index contributed by atoms with van der Waals surface area (Å²) in [6, 6.07) is 2.17. The van der Waals surface area contributed by atoms with Crippen molar-refractivity contribution in [1.29, 1.82) is 0 Å². The van der Waals surface area contributed by atoms with Gasteiger partial charge in [0.1, 0.15) is 10.6 Å². The highest BCUT2D eigenvalue weighted by Gasteiger charge is 2.38. The molecule has 6 nitrogen and oxygen atoms in total. The van der Waals surface area contributed by atoms with Gasteiger partial charge in [0.2, 0.25) is 0 Å². The molecule has 0 bridgehead atoms. The van der Waals surface area contributed by atoms with Crippen LogP contribution in [0.15, 0.2) is 11.4 Å². The molecule has 0 radical (unpaired) electrons. The highest BCUT2D eigenvalue weighted by Crippen LogP contribution is 2.34. The quantitative estimate of drug-likeness (QED) is 0.756. The van der Waals surface area contributed by atoms with E-state index in [9.17, 15) is 9.59 Å². The van der Waals surface area contributed by atoms with E-state index in [2.05, 4.69) is 10.2 Å². The zero-order valence-corrected chi connectivity index (χ0v) is 14.0. The first-order valence-corrected chi connectivity index (χ1v) is 8.83. The lowest BCUT2D eigenvalue weighted by atomic mass is 9.85. The number of carboxylic acids is 1. The van der Waals surface area contributed by atoms with E-state index in [4.69, 9.17) is 9.84 Å². The van der Waals surface area contributed by atoms with Crippen molar-refractivity contribution in [2.75, 3.05) is 20.2 Å². The third kappa shape index (κ3) is 4.03. The summed E-state index contributed by atoms with van der Waals surface area (Å²) in [6.07, 6.45) is 4.06. The Labute approximate surface area is 139 Å². The molecule has 2 N–H and O–H groups in total. The van der Waals surface area contributed by atoms with E-state index in [1.807, 2.05) is 5.38 Å². The lowest BCUT2D eigenvalue weighted by Gasteiger charge is -2.42. The summed E-state index contributed by atoms with van der Waals surface area (Å²) in [7, 11) is 1.56. The van der Waals surface area contributed by atoms with Crippen molar-refractivity contribution in [3.8, 4) is 5.75 Å². The normalized spacial score (nSPS) is 23.4. The summed E-state index contributed by atoms with van der Waals surface area (Å²) in [4.78, 5) is 25.9. The molecule has 1 heterocycles. The smallest absolute Gasteiger partial charge is 0.317 e. The van der Waals surface area contributed by atoms with Crippen LogP contribution < -0.4 is 10.1 Å². The molecule has 126 valence electrons. The second-order valence-corrected chi connectivity index (χ2v) is 7.30. The molecule has 0 unspecified atom stereocenters. The molecule has 23 heavy (non-hydrogen) atoms. The van der Waals surface area contributed by atoms with Crippen LogP contribution in [0, 0.1) is 5.92 Å². The number of amides is 1. The first-order valence-electron chi connectivity index (χ1n) is 7.95. The fourth-order valence-electron chi connectivity index (χ4n) is 3.03. The molecule has 2 fully saturated rings. The molecular formula is C16H22N2O4S. The third-order valence-electron chi connectivity index (χ3n) is 4.55. The number of thiophene rings is 1. The van der Waals surface area contributed by atoms with Gasteiger partial charge in [0.15, 0.2) is 0 Å². The number of carbonyl (C=O) groups excluding carboxylic acids is 1. The second-order valence-electron chi connectivity index (χ2n) is 6.38. The van der Waals surface area contributed by atoms with Gasteiger partial charge in [-0.2, -0.15) is 0 Å². The standard InChI is InChI=1S/C16H22N2O4S/c1-22-13-4-5-23-15(13)16(21)17-11-6-12(7-11)18(9-14(19)20)8-10-2-3-10/h4-5,10-12H,2-3,6-9H2,1H3,(H,17,21)(H,19,20). The molecule has 0 atom stereocenters. The van der Waals surface area contributed by atoms with Crippen LogP contribution in [0.5, 0.6) is 5.75 Å².